The second-order valence-corrected chi connectivity index (χ2v) is 5.12. The average molecular weight is 339 g/mol. The number of halogens is 2. The average Bonchev–Trinajstić information content (AvgIpc) is 2.34. The highest BCUT2D eigenvalue weighted by Crippen LogP contribution is 2.32. The second kappa shape index (κ2) is 3.03. The predicted molar refractivity (Wildman–Crippen MR) is 62.2 cm³/mol. The van der Waals surface area contributed by atoms with Crippen LogP contribution in [0.5, 0.6) is 0 Å². The number of rotatable bonds is 0. The van der Waals surface area contributed by atoms with E-state index in [0.717, 1.165) is 0 Å². The van der Waals surface area contributed by atoms with Gasteiger partial charge in [-0.1, -0.05) is 22.0 Å². The summed E-state index contributed by atoms with van der Waals surface area (Å²) in [5, 5.41) is 3.52. The van der Waals surface area contributed by atoms with E-state index in [1.165, 1.54) is 18.1 Å². The topological polar surface area (TPSA) is 0 Å². The third kappa shape index (κ3) is 1.34. The summed E-state index contributed by atoms with van der Waals surface area (Å²) in [5.41, 5.74) is 0. The van der Waals surface area contributed by atoms with Crippen LogP contribution in [-0.2, 0) is 0 Å². The highest BCUT2D eigenvalue weighted by molar-refractivity contribution is 14.1. The third-order valence-corrected chi connectivity index (χ3v) is 4.39. The summed E-state index contributed by atoms with van der Waals surface area (Å²) in [4.78, 5) is 0. The maximum Gasteiger partial charge on any atom is 0.0365 e. The van der Waals surface area contributed by atoms with Crippen molar-refractivity contribution in [2.45, 2.75) is 0 Å². The van der Waals surface area contributed by atoms with Crippen LogP contribution in [0.4, 0.5) is 0 Å². The zero-order valence-corrected chi connectivity index (χ0v) is 10.0. The molecule has 1 heterocycles. The van der Waals surface area contributed by atoms with Gasteiger partial charge in [-0.2, -0.15) is 0 Å². The second-order valence-electron chi connectivity index (χ2n) is 2.20. The van der Waals surface area contributed by atoms with Gasteiger partial charge in [0.1, 0.15) is 0 Å². The van der Waals surface area contributed by atoms with E-state index in [0.29, 0.717) is 0 Å². The molecule has 0 unspecified atom stereocenters. The zero-order valence-electron chi connectivity index (χ0n) is 5.47. The normalized spacial score (nSPS) is 10.7. The molecule has 0 fully saturated rings. The van der Waals surface area contributed by atoms with E-state index < -0.39 is 0 Å². The summed E-state index contributed by atoms with van der Waals surface area (Å²) in [6.45, 7) is 0. The van der Waals surface area contributed by atoms with Crippen molar-refractivity contribution in [3.63, 3.8) is 0 Å². The minimum absolute atomic E-state index is 1.20. The fraction of sp³-hybridized carbons (Fsp3) is 0. The molecule has 0 spiro atoms. The predicted octanol–water partition coefficient (Wildman–Crippen LogP) is 4.27. The van der Waals surface area contributed by atoms with Crippen LogP contribution in [0.3, 0.4) is 0 Å². The first-order chi connectivity index (χ1) is 5.29. The first kappa shape index (κ1) is 8.01. The molecule has 11 heavy (non-hydrogen) atoms. The van der Waals surface area contributed by atoms with Gasteiger partial charge >= 0.3 is 0 Å². The molecule has 0 saturated heterocycles. The number of fused-ring (bicyclic) bond motifs is 1. The van der Waals surface area contributed by atoms with Crippen LogP contribution in [-0.4, -0.2) is 0 Å². The Morgan fingerprint density at radius 3 is 2.91 bits per heavy atom. The monoisotopic (exact) mass is 338 g/mol. The Morgan fingerprint density at radius 2 is 2.18 bits per heavy atom. The van der Waals surface area contributed by atoms with Gasteiger partial charge in [0, 0.05) is 23.5 Å². The summed E-state index contributed by atoms with van der Waals surface area (Å²) < 4.78 is 3.87. The molecule has 0 nitrogen and oxygen atoms in total. The first-order valence-electron chi connectivity index (χ1n) is 3.10. The molecule has 1 aromatic carbocycles. The maximum absolute atomic E-state index is 3.53. The van der Waals surface area contributed by atoms with Gasteiger partial charge in [-0.15, -0.1) is 11.3 Å². The summed E-state index contributed by atoms with van der Waals surface area (Å²) in [7, 11) is 0. The van der Waals surface area contributed by atoms with Crippen molar-refractivity contribution in [1.82, 2.24) is 0 Å². The van der Waals surface area contributed by atoms with Gasteiger partial charge in [0.15, 0.2) is 0 Å². The Hall–Kier alpha value is 0.390. The quantitative estimate of drug-likeness (QED) is 0.629. The molecule has 0 aliphatic carbocycles. The van der Waals surface area contributed by atoms with Crippen molar-refractivity contribution in [3.8, 4) is 0 Å². The van der Waals surface area contributed by atoms with Crippen LogP contribution in [0.1, 0.15) is 0 Å². The minimum Gasteiger partial charge on any atom is -0.143 e. The molecular formula is C8H4BrIS. The van der Waals surface area contributed by atoms with Gasteiger partial charge in [-0.25, -0.2) is 0 Å². The number of benzene rings is 1. The highest BCUT2D eigenvalue weighted by atomic mass is 127. The number of hydrogen-bond acceptors (Lipinski definition) is 1. The Labute approximate surface area is 90.9 Å². The SMILES string of the molecule is Brc1cccc2scc(I)c12. The van der Waals surface area contributed by atoms with Crippen LogP contribution in [0.15, 0.2) is 28.1 Å². The molecule has 1 aromatic heterocycles. The molecule has 2 rings (SSSR count). The van der Waals surface area contributed by atoms with Gasteiger partial charge in [0.05, 0.1) is 0 Å². The molecule has 0 radical (unpaired) electrons. The smallest absolute Gasteiger partial charge is 0.0365 e. The molecule has 0 saturated carbocycles. The third-order valence-electron chi connectivity index (χ3n) is 1.50. The van der Waals surface area contributed by atoms with Crippen molar-refractivity contribution in [2.24, 2.45) is 0 Å². The summed E-state index contributed by atoms with van der Waals surface area (Å²) >= 11 is 7.68. The minimum atomic E-state index is 1.20. The van der Waals surface area contributed by atoms with E-state index in [1.807, 2.05) is 0 Å². The Balaban J connectivity index is 2.96. The van der Waals surface area contributed by atoms with Crippen LogP contribution >= 0.6 is 49.9 Å². The van der Waals surface area contributed by atoms with Gasteiger partial charge in [0.2, 0.25) is 0 Å². The summed E-state index contributed by atoms with van der Waals surface area (Å²) in [5.74, 6) is 0. The lowest BCUT2D eigenvalue weighted by Gasteiger charge is -1.92. The van der Waals surface area contributed by atoms with Crippen LogP contribution in [0.2, 0.25) is 0 Å². The molecule has 0 bridgehead atoms. The van der Waals surface area contributed by atoms with Gasteiger partial charge < -0.3 is 0 Å². The fourth-order valence-corrected chi connectivity index (χ4v) is 4.08. The summed E-state index contributed by atoms with van der Waals surface area (Å²) in [6, 6.07) is 6.29. The molecule has 3 heteroatoms. The lowest BCUT2D eigenvalue weighted by molar-refractivity contribution is 1.77. The molecule has 0 N–H and O–H groups in total. The van der Waals surface area contributed by atoms with E-state index in [-0.39, 0.29) is 0 Å². The molecule has 0 amide bonds. The van der Waals surface area contributed by atoms with Gasteiger partial charge in [-0.3, -0.25) is 0 Å². The molecule has 56 valence electrons. The Morgan fingerprint density at radius 1 is 1.36 bits per heavy atom. The van der Waals surface area contributed by atoms with E-state index in [9.17, 15) is 0 Å². The molecular weight excluding hydrogens is 335 g/mol. The fourth-order valence-electron chi connectivity index (χ4n) is 1.01. The van der Waals surface area contributed by atoms with Gasteiger partial charge in [-0.05, 0) is 34.7 Å². The van der Waals surface area contributed by atoms with Crippen molar-refractivity contribution in [2.75, 3.05) is 0 Å². The largest absolute Gasteiger partial charge is 0.143 e. The lowest BCUT2D eigenvalue weighted by Crippen LogP contribution is -1.68. The van der Waals surface area contributed by atoms with E-state index in [1.54, 1.807) is 11.3 Å². The van der Waals surface area contributed by atoms with Crippen molar-refractivity contribution in [1.29, 1.82) is 0 Å². The first-order valence-corrected chi connectivity index (χ1v) is 5.85. The molecule has 2 aromatic rings. The zero-order chi connectivity index (χ0) is 7.84. The van der Waals surface area contributed by atoms with E-state index >= 15 is 0 Å². The standard InChI is InChI=1S/C8H4BrIS/c9-5-2-1-3-7-8(5)6(10)4-11-7/h1-4H. The molecule has 0 aliphatic rings. The van der Waals surface area contributed by atoms with Crippen molar-refractivity contribution in [3.05, 3.63) is 31.6 Å². The highest BCUT2D eigenvalue weighted by Gasteiger charge is 2.03. The summed E-state index contributed by atoms with van der Waals surface area (Å²) in [6.07, 6.45) is 0. The number of thiophene rings is 1. The molecule has 0 aliphatic heterocycles. The van der Waals surface area contributed by atoms with Gasteiger partial charge in [0.25, 0.3) is 0 Å². The Bertz CT molecular complexity index is 394. The lowest BCUT2D eigenvalue weighted by atomic mass is 10.3. The number of hydrogen-bond donors (Lipinski definition) is 0. The van der Waals surface area contributed by atoms with Crippen LogP contribution in [0, 0.1) is 3.57 Å². The Kier molecular flexibility index (Phi) is 2.21. The van der Waals surface area contributed by atoms with E-state index in [4.69, 9.17) is 0 Å². The van der Waals surface area contributed by atoms with Crippen molar-refractivity contribution >= 4 is 59.9 Å². The maximum atomic E-state index is 3.53. The van der Waals surface area contributed by atoms with Crippen LogP contribution < -0.4 is 0 Å². The van der Waals surface area contributed by atoms with E-state index in [2.05, 4.69) is 62.1 Å². The van der Waals surface area contributed by atoms with Crippen LogP contribution in [0.25, 0.3) is 10.1 Å². The molecule has 0 atom stereocenters. The van der Waals surface area contributed by atoms with Crippen molar-refractivity contribution < 1.29 is 0 Å².